The second kappa shape index (κ2) is 11.3. The largest absolute Gasteiger partial charge is 0.381 e. The molecule has 0 bridgehead atoms. The maximum Gasteiger partial charge on any atom is 0.116 e. The van der Waals surface area contributed by atoms with E-state index in [1.165, 1.54) is 22.5 Å². The molecule has 3 aliphatic rings. The fourth-order valence-electron chi connectivity index (χ4n) is 5.67. The van der Waals surface area contributed by atoms with E-state index in [1.54, 1.807) is 0 Å². The third-order valence-corrected chi connectivity index (χ3v) is 7.52. The van der Waals surface area contributed by atoms with Crippen LogP contribution < -0.4 is 4.90 Å². The molecule has 3 heterocycles. The van der Waals surface area contributed by atoms with Crippen molar-refractivity contribution in [1.82, 2.24) is 4.90 Å². The lowest BCUT2D eigenvalue weighted by Crippen LogP contribution is -2.45. The molecule has 2 saturated heterocycles. The van der Waals surface area contributed by atoms with Crippen LogP contribution in [-0.4, -0.2) is 44.4 Å². The molecule has 4 rings (SSSR count). The number of likely N-dealkylation sites (tertiary alicyclic amines) is 1. The van der Waals surface area contributed by atoms with Crippen molar-refractivity contribution < 1.29 is 9.47 Å². The van der Waals surface area contributed by atoms with E-state index in [0.717, 1.165) is 81.8 Å². The number of piperidine rings is 1. The Labute approximate surface area is 205 Å². The highest BCUT2D eigenvalue weighted by Crippen LogP contribution is 2.45. The van der Waals surface area contributed by atoms with Crippen LogP contribution in [0.2, 0.25) is 0 Å². The van der Waals surface area contributed by atoms with Crippen LogP contribution in [-0.2, 0) is 9.47 Å². The van der Waals surface area contributed by atoms with Crippen LogP contribution in [0.5, 0.6) is 0 Å². The second-order valence-electron chi connectivity index (χ2n) is 9.66. The van der Waals surface area contributed by atoms with Crippen LogP contribution in [0.3, 0.4) is 0 Å². The quantitative estimate of drug-likeness (QED) is 0.513. The summed E-state index contributed by atoms with van der Waals surface area (Å²) in [4.78, 5) is 4.92. The molecule has 1 aromatic carbocycles. The molecule has 5 nitrogen and oxygen atoms in total. The van der Waals surface area contributed by atoms with E-state index in [1.807, 2.05) is 7.11 Å². The van der Waals surface area contributed by atoms with Crippen molar-refractivity contribution in [2.45, 2.75) is 65.4 Å². The topological polar surface area (TPSA) is 48.7 Å². The first-order chi connectivity index (χ1) is 16.6. The average molecular weight is 462 g/mol. The van der Waals surface area contributed by atoms with E-state index in [0.29, 0.717) is 12.0 Å². The van der Waals surface area contributed by atoms with Gasteiger partial charge in [-0.05, 0) is 74.6 Å². The van der Waals surface area contributed by atoms with Crippen LogP contribution in [0.25, 0.3) is 0 Å². The Balaban J connectivity index is 1.92. The van der Waals surface area contributed by atoms with Crippen molar-refractivity contribution in [1.29, 1.82) is 5.26 Å². The van der Waals surface area contributed by atoms with Gasteiger partial charge < -0.3 is 14.4 Å². The number of nitriles is 1. The molecule has 0 unspecified atom stereocenters. The molecule has 34 heavy (non-hydrogen) atoms. The van der Waals surface area contributed by atoms with Crippen LogP contribution >= 0.6 is 0 Å². The van der Waals surface area contributed by atoms with Gasteiger partial charge in [-0.25, -0.2) is 0 Å². The number of ether oxygens (including phenoxy) is 2. The zero-order valence-electron chi connectivity index (χ0n) is 21.3. The van der Waals surface area contributed by atoms with Gasteiger partial charge in [-0.1, -0.05) is 37.6 Å². The number of benzene rings is 1. The number of aryl methyl sites for hydroxylation is 1. The second-order valence-corrected chi connectivity index (χ2v) is 9.66. The lowest BCUT2D eigenvalue weighted by Gasteiger charge is -2.45. The molecule has 0 spiro atoms. The monoisotopic (exact) mass is 461 g/mol. The maximum absolute atomic E-state index is 10.5. The lowest BCUT2D eigenvalue weighted by molar-refractivity contribution is 0.0493. The molecule has 0 saturated carbocycles. The van der Waals surface area contributed by atoms with Gasteiger partial charge in [0.15, 0.2) is 0 Å². The normalized spacial score (nSPS) is 22.0. The summed E-state index contributed by atoms with van der Waals surface area (Å²) in [6.07, 6.45) is 8.59. The minimum Gasteiger partial charge on any atom is -0.381 e. The average Bonchev–Trinajstić information content (AvgIpc) is 2.88. The Bertz CT molecular complexity index is 1000. The van der Waals surface area contributed by atoms with Gasteiger partial charge in [-0.3, -0.25) is 4.90 Å². The molecule has 2 fully saturated rings. The summed E-state index contributed by atoms with van der Waals surface area (Å²) < 4.78 is 11.4. The standard InChI is InChI=1S/C29H39N3O2/c1-5-6-10-27-25(20-30)28(23-14-18-34-19-15-23)22(3)29(31-16-12-24(33-4)13-17-31)32(27)26-11-8-7-9-21(26)2/h7-11,23-24H,5-6,12-19H2,1-4H3/b27-10+. The molecule has 0 radical (unpaired) electrons. The first-order valence-corrected chi connectivity index (χ1v) is 12.9. The van der Waals surface area contributed by atoms with Gasteiger partial charge in [0.25, 0.3) is 0 Å². The van der Waals surface area contributed by atoms with Gasteiger partial charge in [0.2, 0.25) is 0 Å². The van der Waals surface area contributed by atoms with E-state index in [-0.39, 0.29) is 0 Å². The number of hydrogen-bond donors (Lipinski definition) is 0. The SMILES string of the molecule is CCC/C=C1\C(C#N)=C(C2CCOCC2)C(C)=C(N2CCC(OC)CC2)N1c1ccccc1C. The lowest BCUT2D eigenvalue weighted by atomic mass is 9.80. The molecule has 1 aromatic rings. The zero-order chi connectivity index (χ0) is 24.1. The first-order valence-electron chi connectivity index (χ1n) is 12.9. The van der Waals surface area contributed by atoms with Crippen LogP contribution in [0, 0.1) is 24.2 Å². The third kappa shape index (κ3) is 4.80. The van der Waals surface area contributed by atoms with E-state index < -0.39 is 0 Å². The summed E-state index contributed by atoms with van der Waals surface area (Å²) in [5, 5.41) is 10.5. The van der Waals surface area contributed by atoms with E-state index in [9.17, 15) is 5.26 Å². The Kier molecular flexibility index (Phi) is 8.13. The minimum absolute atomic E-state index is 0.322. The van der Waals surface area contributed by atoms with Gasteiger partial charge in [-0.2, -0.15) is 5.26 Å². The number of hydrogen-bond acceptors (Lipinski definition) is 5. The highest BCUT2D eigenvalue weighted by atomic mass is 16.5. The Morgan fingerprint density at radius 2 is 1.82 bits per heavy atom. The molecule has 0 amide bonds. The molecule has 5 heteroatoms. The number of allylic oxidation sites excluding steroid dienone is 4. The molecule has 3 aliphatic heterocycles. The van der Waals surface area contributed by atoms with E-state index in [4.69, 9.17) is 9.47 Å². The number of unbranched alkanes of at least 4 members (excludes halogenated alkanes) is 1. The molecule has 0 aliphatic carbocycles. The van der Waals surface area contributed by atoms with E-state index >= 15 is 0 Å². The zero-order valence-corrected chi connectivity index (χ0v) is 21.3. The molecule has 0 atom stereocenters. The van der Waals surface area contributed by atoms with Gasteiger partial charge in [-0.15, -0.1) is 0 Å². The molecular weight excluding hydrogens is 422 g/mol. The van der Waals surface area contributed by atoms with Gasteiger partial charge >= 0.3 is 0 Å². The minimum atomic E-state index is 0.322. The number of rotatable bonds is 6. The van der Waals surface area contributed by atoms with Crippen molar-refractivity contribution >= 4 is 5.69 Å². The van der Waals surface area contributed by atoms with Gasteiger partial charge in [0.05, 0.1) is 23.1 Å². The third-order valence-electron chi connectivity index (χ3n) is 7.52. The molecule has 0 N–H and O–H groups in total. The van der Waals surface area contributed by atoms with Gasteiger partial charge in [0.1, 0.15) is 11.9 Å². The van der Waals surface area contributed by atoms with Crippen molar-refractivity contribution in [2.75, 3.05) is 38.3 Å². The van der Waals surface area contributed by atoms with Crippen molar-refractivity contribution in [3.63, 3.8) is 0 Å². The highest BCUT2D eigenvalue weighted by Gasteiger charge is 2.37. The molecular formula is C29H39N3O2. The number of para-hydroxylation sites is 1. The predicted octanol–water partition coefficient (Wildman–Crippen LogP) is 6.09. The highest BCUT2D eigenvalue weighted by molar-refractivity contribution is 5.73. The molecule has 182 valence electrons. The number of methoxy groups -OCH3 is 1. The van der Waals surface area contributed by atoms with Crippen molar-refractivity contribution in [3.8, 4) is 6.07 Å². The first kappa shape index (κ1) is 24.6. The molecule has 0 aromatic heterocycles. The van der Waals surface area contributed by atoms with Crippen LogP contribution in [0.1, 0.15) is 57.9 Å². The number of anilines is 1. The fourth-order valence-corrected chi connectivity index (χ4v) is 5.67. The summed E-state index contributed by atoms with van der Waals surface area (Å²) in [6, 6.07) is 11.2. The van der Waals surface area contributed by atoms with Crippen LogP contribution in [0.4, 0.5) is 5.69 Å². The van der Waals surface area contributed by atoms with E-state index in [2.05, 4.69) is 67.0 Å². The summed E-state index contributed by atoms with van der Waals surface area (Å²) >= 11 is 0. The van der Waals surface area contributed by atoms with Crippen LogP contribution in [0.15, 0.2) is 58.6 Å². The Morgan fingerprint density at radius 1 is 1.12 bits per heavy atom. The Morgan fingerprint density at radius 3 is 2.44 bits per heavy atom. The Hall–Kier alpha value is -2.55. The summed E-state index contributed by atoms with van der Waals surface area (Å²) in [7, 11) is 1.82. The van der Waals surface area contributed by atoms with Gasteiger partial charge in [0, 0.05) is 33.4 Å². The predicted molar refractivity (Wildman–Crippen MR) is 137 cm³/mol. The summed E-state index contributed by atoms with van der Waals surface area (Å²) in [5.41, 5.74) is 6.75. The van der Waals surface area contributed by atoms with Crippen molar-refractivity contribution in [3.05, 3.63) is 64.1 Å². The smallest absolute Gasteiger partial charge is 0.116 e. The summed E-state index contributed by atoms with van der Waals surface area (Å²) in [6.45, 7) is 10.1. The number of nitrogens with zero attached hydrogens (tertiary/aromatic N) is 3. The maximum atomic E-state index is 10.5. The summed E-state index contributed by atoms with van der Waals surface area (Å²) in [5.74, 6) is 1.60. The fraction of sp³-hybridized carbons (Fsp3) is 0.552. The van der Waals surface area contributed by atoms with Crippen molar-refractivity contribution in [2.24, 2.45) is 5.92 Å².